The highest BCUT2D eigenvalue weighted by atomic mass is 19.4. The first-order valence-corrected chi connectivity index (χ1v) is 7.91. The number of alkyl halides is 3. The van der Waals surface area contributed by atoms with Crippen LogP contribution in [-0.4, -0.2) is 13.4 Å². The minimum absolute atomic E-state index is 0.169. The van der Waals surface area contributed by atoms with Crippen LogP contribution < -0.4 is 10.1 Å². The lowest BCUT2D eigenvalue weighted by atomic mass is 9.98. The summed E-state index contributed by atoms with van der Waals surface area (Å²) in [6.07, 6.45) is -3.69. The maximum absolute atomic E-state index is 12.5. The van der Waals surface area contributed by atoms with Crippen molar-refractivity contribution in [3.05, 3.63) is 53.6 Å². The number of hydrogen-bond acceptors (Lipinski definition) is 2. The highest BCUT2D eigenvalue weighted by Crippen LogP contribution is 2.31. The maximum atomic E-state index is 12.5. The lowest BCUT2D eigenvalue weighted by Crippen LogP contribution is -2.19. The predicted octanol–water partition coefficient (Wildman–Crippen LogP) is 5.17. The summed E-state index contributed by atoms with van der Waals surface area (Å²) >= 11 is 0. The van der Waals surface area contributed by atoms with Crippen molar-refractivity contribution in [1.29, 1.82) is 0 Å². The molecule has 1 N–H and O–H groups in total. The molecule has 0 aromatic heterocycles. The maximum Gasteiger partial charge on any atom is 0.573 e. The van der Waals surface area contributed by atoms with E-state index in [0.717, 1.165) is 17.5 Å². The molecule has 130 valence electrons. The zero-order valence-electron chi connectivity index (χ0n) is 14.1. The minimum atomic E-state index is -4.69. The molecule has 0 radical (unpaired) electrons. The smallest absolute Gasteiger partial charge is 0.405 e. The van der Waals surface area contributed by atoms with Gasteiger partial charge in [-0.25, -0.2) is 0 Å². The van der Waals surface area contributed by atoms with Crippen LogP contribution in [0.1, 0.15) is 25.0 Å². The van der Waals surface area contributed by atoms with Crippen LogP contribution in [0, 0.1) is 5.92 Å². The van der Waals surface area contributed by atoms with E-state index >= 15 is 0 Å². The standard InChI is InChI=1S/C19H22F3NO/c1-13(2)10-14-4-6-15(7-5-14)16-8-9-18(24-19(20,21)22)17(11-16)12-23-3/h4-9,11,13,23H,10,12H2,1-3H3. The lowest BCUT2D eigenvalue weighted by Gasteiger charge is -2.15. The van der Waals surface area contributed by atoms with Crippen molar-refractivity contribution in [1.82, 2.24) is 5.32 Å². The molecule has 0 bridgehead atoms. The number of nitrogens with one attached hydrogen (secondary N) is 1. The van der Waals surface area contributed by atoms with Crippen molar-refractivity contribution in [2.75, 3.05) is 7.05 Å². The highest BCUT2D eigenvalue weighted by molar-refractivity contribution is 5.66. The molecule has 0 spiro atoms. The molecule has 5 heteroatoms. The first-order valence-electron chi connectivity index (χ1n) is 7.91. The van der Waals surface area contributed by atoms with Crippen LogP contribution in [0.4, 0.5) is 13.2 Å². The Morgan fingerprint density at radius 1 is 1.00 bits per heavy atom. The van der Waals surface area contributed by atoms with Gasteiger partial charge in [-0.3, -0.25) is 0 Å². The average molecular weight is 337 g/mol. The van der Waals surface area contributed by atoms with Gasteiger partial charge in [0.1, 0.15) is 5.75 Å². The van der Waals surface area contributed by atoms with Gasteiger partial charge in [0.2, 0.25) is 0 Å². The van der Waals surface area contributed by atoms with Crippen LogP contribution >= 0.6 is 0 Å². The second-order valence-electron chi connectivity index (χ2n) is 6.20. The predicted molar refractivity (Wildman–Crippen MR) is 89.9 cm³/mol. The van der Waals surface area contributed by atoms with Gasteiger partial charge in [0.15, 0.2) is 0 Å². The van der Waals surface area contributed by atoms with E-state index in [1.807, 2.05) is 12.1 Å². The van der Waals surface area contributed by atoms with Crippen molar-refractivity contribution in [3.63, 3.8) is 0 Å². The zero-order chi connectivity index (χ0) is 17.7. The monoisotopic (exact) mass is 337 g/mol. The fraction of sp³-hybridized carbons (Fsp3) is 0.368. The molecule has 0 amide bonds. The zero-order valence-corrected chi connectivity index (χ0v) is 14.1. The third-order valence-electron chi connectivity index (χ3n) is 3.58. The quantitative estimate of drug-likeness (QED) is 0.785. The van der Waals surface area contributed by atoms with Crippen molar-refractivity contribution >= 4 is 0 Å². The Morgan fingerprint density at radius 2 is 1.62 bits per heavy atom. The molecule has 0 aliphatic heterocycles. The Bertz CT molecular complexity index is 663. The summed E-state index contributed by atoms with van der Waals surface area (Å²) < 4.78 is 41.6. The van der Waals surface area contributed by atoms with E-state index < -0.39 is 6.36 Å². The van der Waals surface area contributed by atoms with Gasteiger partial charge < -0.3 is 10.1 Å². The molecule has 0 unspecified atom stereocenters. The largest absolute Gasteiger partial charge is 0.573 e. The van der Waals surface area contributed by atoms with Gasteiger partial charge in [-0.05, 0) is 48.2 Å². The van der Waals surface area contributed by atoms with Gasteiger partial charge >= 0.3 is 6.36 Å². The van der Waals surface area contributed by atoms with Crippen LogP contribution in [0.3, 0.4) is 0 Å². The second kappa shape index (κ2) is 7.71. The Kier molecular flexibility index (Phi) is 5.89. The normalized spacial score (nSPS) is 11.8. The summed E-state index contributed by atoms with van der Waals surface area (Å²) in [5.41, 5.74) is 3.56. The van der Waals surface area contributed by atoms with E-state index in [4.69, 9.17) is 0 Å². The molecule has 24 heavy (non-hydrogen) atoms. The molecule has 2 aromatic rings. The molecule has 0 aliphatic carbocycles. The van der Waals surface area contributed by atoms with E-state index in [-0.39, 0.29) is 5.75 Å². The van der Waals surface area contributed by atoms with Crippen LogP contribution in [0.5, 0.6) is 5.75 Å². The van der Waals surface area contributed by atoms with Crippen molar-refractivity contribution in [2.24, 2.45) is 5.92 Å². The fourth-order valence-corrected chi connectivity index (χ4v) is 2.62. The third-order valence-corrected chi connectivity index (χ3v) is 3.58. The van der Waals surface area contributed by atoms with Crippen molar-refractivity contribution in [2.45, 2.75) is 33.2 Å². The third kappa shape index (κ3) is 5.27. The van der Waals surface area contributed by atoms with Crippen LogP contribution in [0.25, 0.3) is 11.1 Å². The van der Waals surface area contributed by atoms with Gasteiger partial charge in [-0.1, -0.05) is 44.2 Å². The SMILES string of the molecule is CNCc1cc(-c2ccc(CC(C)C)cc2)ccc1OC(F)(F)F. The Morgan fingerprint density at radius 3 is 2.17 bits per heavy atom. The first-order chi connectivity index (χ1) is 11.3. The van der Waals surface area contributed by atoms with Gasteiger partial charge in [-0.15, -0.1) is 13.2 Å². The van der Waals surface area contributed by atoms with Crippen molar-refractivity contribution < 1.29 is 17.9 Å². The topological polar surface area (TPSA) is 21.3 Å². The van der Waals surface area contributed by atoms with Crippen LogP contribution in [0.15, 0.2) is 42.5 Å². The number of ether oxygens (including phenoxy) is 1. The van der Waals surface area contributed by atoms with Crippen LogP contribution in [0.2, 0.25) is 0 Å². The molecule has 0 atom stereocenters. The summed E-state index contributed by atoms with van der Waals surface area (Å²) in [7, 11) is 1.69. The number of hydrogen-bond donors (Lipinski definition) is 1. The molecule has 2 rings (SSSR count). The highest BCUT2D eigenvalue weighted by Gasteiger charge is 2.32. The first kappa shape index (κ1) is 18.3. The molecule has 0 fully saturated rings. The fourth-order valence-electron chi connectivity index (χ4n) is 2.62. The second-order valence-corrected chi connectivity index (χ2v) is 6.20. The Labute approximate surface area is 140 Å². The lowest BCUT2D eigenvalue weighted by molar-refractivity contribution is -0.274. The Hall–Kier alpha value is -2.01. The summed E-state index contributed by atoms with van der Waals surface area (Å²) in [5, 5.41) is 2.87. The van der Waals surface area contributed by atoms with E-state index in [0.29, 0.717) is 18.0 Å². The van der Waals surface area contributed by atoms with E-state index in [1.54, 1.807) is 19.2 Å². The van der Waals surface area contributed by atoms with E-state index in [2.05, 4.69) is 36.0 Å². The average Bonchev–Trinajstić information content (AvgIpc) is 2.48. The molecule has 2 nitrogen and oxygen atoms in total. The van der Waals surface area contributed by atoms with Gasteiger partial charge in [0.25, 0.3) is 0 Å². The molecular weight excluding hydrogens is 315 g/mol. The number of rotatable bonds is 6. The Balaban J connectivity index is 2.28. The van der Waals surface area contributed by atoms with Crippen LogP contribution in [-0.2, 0) is 13.0 Å². The summed E-state index contributed by atoms with van der Waals surface area (Å²) in [4.78, 5) is 0. The molecule has 0 aliphatic rings. The summed E-state index contributed by atoms with van der Waals surface area (Å²) in [5.74, 6) is 0.411. The van der Waals surface area contributed by atoms with Crippen molar-refractivity contribution in [3.8, 4) is 16.9 Å². The van der Waals surface area contributed by atoms with Gasteiger partial charge in [0, 0.05) is 12.1 Å². The molecule has 0 saturated carbocycles. The van der Waals surface area contributed by atoms with Gasteiger partial charge in [-0.2, -0.15) is 0 Å². The number of halogens is 3. The molecule has 0 saturated heterocycles. The van der Waals surface area contributed by atoms with E-state index in [1.165, 1.54) is 11.6 Å². The van der Waals surface area contributed by atoms with Gasteiger partial charge in [0.05, 0.1) is 0 Å². The molecular formula is C19H22F3NO. The molecule has 2 aromatic carbocycles. The van der Waals surface area contributed by atoms with E-state index in [9.17, 15) is 13.2 Å². The number of benzene rings is 2. The molecule has 0 heterocycles. The minimum Gasteiger partial charge on any atom is -0.405 e. The summed E-state index contributed by atoms with van der Waals surface area (Å²) in [6.45, 7) is 4.62. The summed E-state index contributed by atoms with van der Waals surface area (Å²) in [6, 6.07) is 12.9.